The van der Waals surface area contributed by atoms with E-state index in [1.165, 1.54) is 6.33 Å². The van der Waals surface area contributed by atoms with Crippen molar-refractivity contribution in [2.24, 2.45) is 0 Å². The highest BCUT2D eigenvalue weighted by Crippen LogP contribution is 2.26. The maximum atomic E-state index is 6.13. The Hall–Kier alpha value is -1.62. The van der Waals surface area contributed by atoms with Gasteiger partial charge in [-0.3, -0.25) is 0 Å². The van der Waals surface area contributed by atoms with Crippen LogP contribution in [-0.4, -0.2) is 26.1 Å². The minimum absolute atomic E-state index is 0.552. The first-order chi connectivity index (χ1) is 8.79. The van der Waals surface area contributed by atoms with E-state index in [9.17, 15) is 0 Å². The van der Waals surface area contributed by atoms with Crippen LogP contribution in [0.25, 0.3) is 0 Å². The molecule has 0 saturated heterocycles. The molecule has 0 spiro atoms. The molecule has 0 aliphatic carbocycles. The first kappa shape index (κ1) is 11.5. The Kier molecular flexibility index (Phi) is 2.91. The summed E-state index contributed by atoms with van der Waals surface area (Å²) in [6.07, 6.45) is 6.21. The number of nitrogens with zero attached hydrogens (tertiary/aromatic N) is 5. The zero-order valence-corrected chi connectivity index (χ0v) is 10.9. The lowest BCUT2D eigenvalue weighted by molar-refractivity contribution is 0.554. The van der Waals surface area contributed by atoms with Crippen LogP contribution < -0.4 is 4.90 Å². The molecule has 0 atom stereocenters. The molecule has 2 aromatic rings. The Morgan fingerprint density at radius 2 is 2.17 bits per heavy atom. The van der Waals surface area contributed by atoms with E-state index in [1.54, 1.807) is 0 Å². The second kappa shape index (κ2) is 4.57. The van der Waals surface area contributed by atoms with Gasteiger partial charge in [-0.1, -0.05) is 18.5 Å². The molecule has 94 valence electrons. The number of fused-ring (bicyclic) bond motifs is 1. The van der Waals surface area contributed by atoms with Crippen molar-refractivity contribution in [1.82, 2.24) is 19.5 Å². The summed E-state index contributed by atoms with van der Waals surface area (Å²) in [5, 5.41) is 0.552. The smallest absolute Gasteiger partial charge is 0.137 e. The van der Waals surface area contributed by atoms with Gasteiger partial charge in [0.1, 0.15) is 23.1 Å². The normalized spacial score (nSPS) is 14.7. The molecule has 1 aliphatic rings. The number of anilines is 1. The maximum Gasteiger partial charge on any atom is 0.137 e. The molecule has 3 rings (SSSR count). The monoisotopic (exact) mass is 263 g/mol. The zero-order chi connectivity index (χ0) is 12.5. The van der Waals surface area contributed by atoms with E-state index in [4.69, 9.17) is 11.6 Å². The standard InChI is InChI=1S/C12H14ClN5/c1-2-9-11(13)15-8-16-12(9)18-6-5-17-4-3-14-10(17)7-18/h3-4,8H,2,5-7H2,1H3. The molecule has 1 aliphatic heterocycles. The van der Waals surface area contributed by atoms with Gasteiger partial charge in [-0.15, -0.1) is 0 Å². The number of hydrogen-bond donors (Lipinski definition) is 0. The van der Waals surface area contributed by atoms with E-state index in [-0.39, 0.29) is 0 Å². The summed E-state index contributed by atoms with van der Waals surface area (Å²) in [6.45, 7) is 4.69. The van der Waals surface area contributed by atoms with Crippen molar-refractivity contribution in [3.63, 3.8) is 0 Å². The van der Waals surface area contributed by atoms with Crippen LogP contribution in [0.4, 0.5) is 5.82 Å². The van der Waals surface area contributed by atoms with Gasteiger partial charge < -0.3 is 9.47 Å². The lowest BCUT2D eigenvalue weighted by Gasteiger charge is -2.30. The van der Waals surface area contributed by atoms with Crippen molar-refractivity contribution in [3.8, 4) is 0 Å². The predicted octanol–water partition coefficient (Wildman–Crippen LogP) is 1.91. The molecule has 5 nitrogen and oxygen atoms in total. The van der Waals surface area contributed by atoms with Crippen LogP contribution in [0.2, 0.25) is 5.15 Å². The van der Waals surface area contributed by atoms with E-state index < -0.39 is 0 Å². The topological polar surface area (TPSA) is 46.8 Å². The second-order valence-electron chi connectivity index (χ2n) is 4.28. The van der Waals surface area contributed by atoms with E-state index in [0.717, 1.165) is 43.3 Å². The molecule has 0 saturated carbocycles. The van der Waals surface area contributed by atoms with Crippen LogP contribution in [0, 0.1) is 0 Å². The van der Waals surface area contributed by atoms with Gasteiger partial charge in [-0.2, -0.15) is 0 Å². The van der Waals surface area contributed by atoms with E-state index in [0.29, 0.717) is 5.15 Å². The molecule has 0 unspecified atom stereocenters. The Morgan fingerprint density at radius 1 is 1.28 bits per heavy atom. The fraction of sp³-hybridized carbons (Fsp3) is 0.417. The van der Waals surface area contributed by atoms with E-state index >= 15 is 0 Å². The average Bonchev–Trinajstić information content (AvgIpc) is 2.85. The first-order valence-corrected chi connectivity index (χ1v) is 6.41. The Bertz CT molecular complexity index is 565. The molecule has 0 amide bonds. The van der Waals surface area contributed by atoms with Gasteiger partial charge in [-0.25, -0.2) is 15.0 Å². The lowest BCUT2D eigenvalue weighted by Crippen LogP contribution is -2.34. The van der Waals surface area contributed by atoms with Gasteiger partial charge in [0.05, 0.1) is 6.54 Å². The second-order valence-corrected chi connectivity index (χ2v) is 4.64. The molecular formula is C12H14ClN5. The summed E-state index contributed by atoms with van der Waals surface area (Å²) < 4.78 is 2.17. The third-order valence-corrected chi connectivity index (χ3v) is 3.59. The van der Waals surface area contributed by atoms with E-state index in [1.807, 2.05) is 12.4 Å². The van der Waals surface area contributed by atoms with Gasteiger partial charge in [-0.05, 0) is 6.42 Å². The summed E-state index contributed by atoms with van der Waals surface area (Å²) in [5.74, 6) is 2.00. The first-order valence-electron chi connectivity index (χ1n) is 6.04. The summed E-state index contributed by atoms with van der Waals surface area (Å²) in [5.41, 5.74) is 1.01. The molecule has 6 heteroatoms. The van der Waals surface area contributed by atoms with Crippen LogP contribution in [0.15, 0.2) is 18.7 Å². The van der Waals surface area contributed by atoms with Crippen LogP contribution in [0.3, 0.4) is 0 Å². The molecule has 0 aromatic carbocycles. The van der Waals surface area contributed by atoms with Crippen molar-refractivity contribution in [3.05, 3.63) is 35.3 Å². The molecular weight excluding hydrogens is 250 g/mol. The largest absolute Gasteiger partial charge is 0.347 e. The summed E-state index contributed by atoms with van der Waals surface area (Å²) >= 11 is 6.13. The van der Waals surface area contributed by atoms with Crippen LogP contribution in [0.1, 0.15) is 18.3 Å². The molecule has 3 heterocycles. The Balaban J connectivity index is 1.95. The highest BCUT2D eigenvalue weighted by atomic mass is 35.5. The highest BCUT2D eigenvalue weighted by molar-refractivity contribution is 6.30. The van der Waals surface area contributed by atoms with Crippen molar-refractivity contribution < 1.29 is 0 Å². The molecule has 2 aromatic heterocycles. The van der Waals surface area contributed by atoms with Crippen molar-refractivity contribution in [2.45, 2.75) is 26.4 Å². The number of rotatable bonds is 2. The Labute approximate surface area is 110 Å². The zero-order valence-electron chi connectivity index (χ0n) is 10.2. The summed E-state index contributed by atoms with van der Waals surface area (Å²) in [7, 11) is 0. The van der Waals surface area contributed by atoms with Crippen molar-refractivity contribution >= 4 is 17.4 Å². The minimum atomic E-state index is 0.552. The highest BCUT2D eigenvalue weighted by Gasteiger charge is 2.21. The van der Waals surface area contributed by atoms with Crippen molar-refractivity contribution in [1.29, 1.82) is 0 Å². The molecule has 0 bridgehead atoms. The third-order valence-electron chi connectivity index (χ3n) is 3.27. The van der Waals surface area contributed by atoms with Gasteiger partial charge in [0.15, 0.2) is 0 Å². The number of hydrogen-bond acceptors (Lipinski definition) is 4. The predicted molar refractivity (Wildman–Crippen MR) is 69.7 cm³/mol. The number of imidazole rings is 1. The van der Waals surface area contributed by atoms with Gasteiger partial charge in [0.2, 0.25) is 0 Å². The van der Waals surface area contributed by atoms with Crippen molar-refractivity contribution in [2.75, 3.05) is 11.4 Å². The van der Waals surface area contributed by atoms with E-state index in [2.05, 4.69) is 31.3 Å². The third kappa shape index (κ3) is 1.84. The molecule has 0 fully saturated rings. The average molecular weight is 264 g/mol. The molecule has 0 N–H and O–H groups in total. The molecule has 0 radical (unpaired) electrons. The van der Waals surface area contributed by atoms with Gasteiger partial charge in [0.25, 0.3) is 0 Å². The number of aromatic nitrogens is 4. The summed E-state index contributed by atoms with van der Waals surface area (Å²) in [6, 6.07) is 0. The fourth-order valence-corrected chi connectivity index (χ4v) is 2.57. The number of halogens is 1. The fourth-order valence-electron chi connectivity index (χ4n) is 2.31. The summed E-state index contributed by atoms with van der Waals surface area (Å²) in [4.78, 5) is 15.0. The Morgan fingerprint density at radius 3 is 3.00 bits per heavy atom. The maximum absolute atomic E-state index is 6.13. The molecule has 18 heavy (non-hydrogen) atoms. The lowest BCUT2D eigenvalue weighted by atomic mass is 10.2. The quantitative estimate of drug-likeness (QED) is 0.777. The van der Waals surface area contributed by atoms with Crippen LogP contribution in [-0.2, 0) is 19.5 Å². The minimum Gasteiger partial charge on any atom is -0.347 e. The van der Waals surface area contributed by atoms with Gasteiger partial charge in [0, 0.05) is 31.0 Å². The van der Waals surface area contributed by atoms with Gasteiger partial charge >= 0.3 is 0 Å². The SMILES string of the molecule is CCc1c(Cl)ncnc1N1CCn2ccnc2C1. The van der Waals surface area contributed by atoms with Crippen LogP contribution in [0.5, 0.6) is 0 Å². The van der Waals surface area contributed by atoms with Crippen LogP contribution >= 0.6 is 11.6 Å².